The molecule has 0 spiro atoms. The Morgan fingerprint density at radius 1 is 1.60 bits per heavy atom. The lowest BCUT2D eigenvalue weighted by Crippen LogP contribution is -2.17. The van der Waals surface area contributed by atoms with Crippen LogP contribution in [0.25, 0.3) is 0 Å². The van der Waals surface area contributed by atoms with Crippen LogP contribution in [0.2, 0.25) is 0 Å². The fourth-order valence-electron chi connectivity index (χ4n) is 1.67. The Morgan fingerprint density at radius 3 is 2.87 bits per heavy atom. The Bertz CT molecular complexity index is 333. The molecule has 0 amide bonds. The third-order valence-electron chi connectivity index (χ3n) is 2.69. The van der Waals surface area contributed by atoms with Crippen LogP contribution < -0.4 is 5.90 Å². The molecule has 2 N–H and O–H groups in total. The van der Waals surface area contributed by atoms with Crippen molar-refractivity contribution in [3.8, 4) is 0 Å². The predicted molar refractivity (Wildman–Crippen MR) is 60.6 cm³/mol. The summed E-state index contributed by atoms with van der Waals surface area (Å²) in [6, 6.07) is 0. The number of aromatic nitrogens is 1. The van der Waals surface area contributed by atoms with Crippen molar-refractivity contribution in [2.75, 3.05) is 20.7 Å². The van der Waals surface area contributed by atoms with E-state index in [-0.39, 0.29) is 5.41 Å². The molecule has 0 unspecified atom stereocenters. The highest BCUT2D eigenvalue weighted by Gasteiger charge is 2.47. The Hall–Kier alpha value is -0.490. The molecule has 1 aliphatic rings. The Kier molecular flexibility index (Phi) is 3.06. The number of hydrogen-bond donors (Lipinski definition) is 1. The minimum absolute atomic E-state index is 0.143. The van der Waals surface area contributed by atoms with Gasteiger partial charge in [0.2, 0.25) is 0 Å². The summed E-state index contributed by atoms with van der Waals surface area (Å²) in [5.41, 5.74) is 0.143. The molecule has 0 atom stereocenters. The molecule has 1 fully saturated rings. The molecule has 1 saturated carbocycles. The molecular formula is C10H17N3OS. The van der Waals surface area contributed by atoms with Gasteiger partial charge in [-0.3, -0.25) is 0 Å². The molecule has 1 aromatic rings. The summed E-state index contributed by atoms with van der Waals surface area (Å²) < 4.78 is 0. The lowest BCUT2D eigenvalue weighted by atomic mass is 10.1. The lowest BCUT2D eigenvalue weighted by molar-refractivity contribution is 0.116. The molecule has 0 saturated heterocycles. The van der Waals surface area contributed by atoms with Gasteiger partial charge in [0, 0.05) is 23.0 Å². The van der Waals surface area contributed by atoms with Gasteiger partial charge >= 0.3 is 0 Å². The van der Waals surface area contributed by atoms with E-state index in [1.54, 1.807) is 11.3 Å². The maximum Gasteiger partial charge on any atom is 0.101 e. The zero-order valence-electron chi connectivity index (χ0n) is 9.19. The highest BCUT2D eigenvalue weighted by atomic mass is 32.1. The first-order valence-corrected chi connectivity index (χ1v) is 5.89. The number of hydrogen-bond acceptors (Lipinski definition) is 5. The van der Waals surface area contributed by atoms with Gasteiger partial charge in [-0.1, -0.05) is 0 Å². The summed E-state index contributed by atoms with van der Waals surface area (Å²) in [5.74, 6) is 5.15. The first-order valence-electron chi connectivity index (χ1n) is 5.08. The Balaban J connectivity index is 2.07. The number of nitrogens with two attached hydrogens (primary N) is 1. The molecular weight excluding hydrogens is 210 g/mol. The number of thiazole rings is 1. The van der Waals surface area contributed by atoms with E-state index in [0.29, 0.717) is 6.61 Å². The van der Waals surface area contributed by atoms with Crippen molar-refractivity contribution in [3.05, 3.63) is 16.1 Å². The second-order valence-electron chi connectivity index (χ2n) is 4.46. The first-order chi connectivity index (χ1) is 7.16. The third-order valence-corrected chi connectivity index (χ3v) is 3.92. The van der Waals surface area contributed by atoms with Gasteiger partial charge in [-0.25, -0.2) is 10.9 Å². The van der Waals surface area contributed by atoms with E-state index >= 15 is 0 Å². The average Bonchev–Trinajstić information content (AvgIpc) is 2.79. The standard InChI is InChI=1S/C10H17N3OS/c1-13(2)6-8-5-12-9(15-8)10(3-4-10)7-14-11/h5H,3-4,6-7,11H2,1-2H3. The summed E-state index contributed by atoms with van der Waals surface area (Å²) in [5, 5.41) is 1.19. The molecule has 0 aliphatic heterocycles. The van der Waals surface area contributed by atoms with E-state index in [1.165, 1.54) is 9.88 Å². The lowest BCUT2D eigenvalue weighted by Gasteiger charge is -2.09. The summed E-state index contributed by atoms with van der Waals surface area (Å²) in [6.45, 7) is 1.55. The molecule has 0 aromatic carbocycles. The van der Waals surface area contributed by atoms with Gasteiger partial charge < -0.3 is 9.74 Å². The van der Waals surface area contributed by atoms with E-state index in [4.69, 9.17) is 10.7 Å². The van der Waals surface area contributed by atoms with Gasteiger partial charge in [0.05, 0.1) is 6.61 Å². The maximum absolute atomic E-state index is 5.15. The van der Waals surface area contributed by atoms with Crippen molar-refractivity contribution < 1.29 is 4.84 Å². The van der Waals surface area contributed by atoms with E-state index in [9.17, 15) is 0 Å². The Morgan fingerprint density at radius 2 is 2.33 bits per heavy atom. The van der Waals surface area contributed by atoms with Crippen molar-refractivity contribution in [3.63, 3.8) is 0 Å². The second-order valence-corrected chi connectivity index (χ2v) is 5.58. The molecule has 4 nitrogen and oxygen atoms in total. The molecule has 0 radical (unpaired) electrons. The highest BCUT2D eigenvalue weighted by molar-refractivity contribution is 7.11. The van der Waals surface area contributed by atoms with E-state index in [2.05, 4.69) is 24.0 Å². The van der Waals surface area contributed by atoms with Gasteiger partial charge in [-0.15, -0.1) is 11.3 Å². The maximum atomic E-state index is 5.15. The quantitative estimate of drug-likeness (QED) is 0.766. The van der Waals surface area contributed by atoms with Crippen LogP contribution in [-0.2, 0) is 16.8 Å². The molecule has 5 heteroatoms. The van der Waals surface area contributed by atoms with Crippen molar-refractivity contribution >= 4 is 11.3 Å². The van der Waals surface area contributed by atoms with Crippen molar-refractivity contribution in [2.45, 2.75) is 24.8 Å². The average molecular weight is 227 g/mol. The molecule has 2 rings (SSSR count). The van der Waals surface area contributed by atoms with Crippen LogP contribution in [0.4, 0.5) is 0 Å². The van der Waals surface area contributed by atoms with Gasteiger partial charge in [-0.2, -0.15) is 0 Å². The monoisotopic (exact) mass is 227 g/mol. The largest absolute Gasteiger partial charge is 0.304 e. The van der Waals surface area contributed by atoms with E-state index in [0.717, 1.165) is 19.4 Å². The summed E-state index contributed by atoms with van der Waals surface area (Å²) in [7, 11) is 4.13. The first kappa shape index (κ1) is 11.0. The van der Waals surface area contributed by atoms with Gasteiger partial charge in [0.1, 0.15) is 5.01 Å². The van der Waals surface area contributed by atoms with Crippen LogP contribution in [0.3, 0.4) is 0 Å². The molecule has 0 bridgehead atoms. The zero-order chi connectivity index (χ0) is 10.9. The van der Waals surface area contributed by atoms with Crippen molar-refractivity contribution in [1.82, 2.24) is 9.88 Å². The van der Waals surface area contributed by atoms with Crippen molar-refractivity contribution in [2.24, 2.45) is 5.90 Å². The van der Waals surface area contributed by atoms with Crippen LogP contribution in [0.1, 0.15) is 22.7 Å². The predicted octanol–water partition coefficient (Wildman–Crippen LogP) is 1.13. The third kappa shape index (κ3) is 2.36. The summed E-state index contributed by atoms with van der Waals surface area (Å²) in [6.07, 6.45) is 4.27. The van der Waals surface area contributed by atoms with Crippen LogP contribution in [0.15, 0.2) is 6.20 Å². The smallest absolute Gasteiger partial charge is 0.101 e. The molecule has 1 heterocycles. The van der Waals surface area contributed by atoms with E-state index in [1.807, 2.05) is 6.20 Å². The number of rotatable bonds is 5. The van der Waals surface area contributed by atoms with Crippen LogP contribution in [-0.4, -0.2) is 30.6 Å². The van der Waals surface area contributed by atoms with Crippen LogP contribution >= 0.6 is 11.3 Å². The van der Waals surface area contributed by atoms with Crippen molar-refractivity contribution in [1.29, 1.82) is 0 Å². The summed E-state index contributed by atoms with van der Waals surface area (Å²) >= 11 is 1.78. The van der Waals surface area contributed by atoms with Gasteiger partial charge in [-0.05, 0) is 26.9 Å². The molecule has 1 aromatic heterocycles. The zero-order valence-corrected chi connectivity index (χ0v) is 10.0. The highest BCUT2D eigenvalue weighted by Crippen LogP contribution is 2.49. The molecule has 15 heavy (non-hydrogen) atoms. The van der Waals surface area contributed by atoms with Gasteiger partial charge in [0.15, 0.2) is 0 Å². The van der Waals surface area contributed by atoms with Crippen LogP contribution in [0.5, 0.6) is 0 Å². The van der Waals surface area contributed by atoms with Crippen LogP contribution in [0, 0.1) is 0 Å². The second kappa shape index (κ2) is 4.17. The fraction of sp³-hybridized carbons (Fsp3) is 0.700. The molecule has 1 aliphatic carbocycles. The minimum Gasteiger partial charge on any atom is -0.304 e. The summed E-state index contributed by atoms with van der Waals surface area (Å²) in [4.78, 5) is 12.7. The van der Waals surface area contributed by atoms with E-state index < -0.39 is 0 Å². The molecule has 84 valence electrons. The Labute approximate surface area is 94.0 Å². The minimum atomic E-state index is 0.143. The topological polar surface area (TPSA) is 51.4 Å². The number of nitrogens with zero attached hydrogens (tertiary/aromatic N) is 2. The SMILES string of the molecule is CN(C)Cc1cnc(C2(CON)CC2)s1. The normalized spacial score (nSPS) is 18.4. The fourth-order valence-corrected chi connectivity index (χ4v) is 2.93. The van der Waals surface area contributed by atoms with Gasteiger partial charge in [0.25, 0.3) is 0 Å².